The largest absolute Gasteiger partial charge is 0.402 e. The zero-order valence-electron chi connectivity index (χ0n) is 8.83. The summed E-state index contributed by atoms with van der Waals surface area (Å²) in [7, 11) is -4.28. The summed E-state index contributed by atoms with van der Waals surface area (Å²) >= 11 is 2.93. The van der Waals surface area contributed by atoms with Crippen molar-refractivity contribution in [2.75, 3.05) is 6.54 Å². The molecule has 102 valence electrons. The molecule has 1 rings (SSSR count). The smallest absolute Gasteiger partial charge is 0.392 e. The average Bonchev–Trinajstić information content (AvgIpc) is 2.26. The number of aliphatic hydroxyl groups is 1. The molecule has 0 atom stereocenters. The van der Waals surface area contributed by atoms with Crippen LogP contribution in [0.3, 0.4) is 0 Å². The van der Waals surface area contributed by atoms with E-state index in [9.17, 15) is 21.6 Å². The molecule has 0 saturated carbocycles. The lowest BCUT2D eigenvalue weighted by Crippen LogP contribution is -2.34. The molecule has 0 spiro atoms. The summed E-state index contributed by atoms with van der Waals surface area (Å²) in [5.41, 5.74) is 0.283. The van der Waals surface area contributed by atoms with E-state index in [1.165, 1.54) is 16.9 Å². The zero-order valence-corrected chi connectivity index (χ0v) is 11.2. The van der Waals surface area contributed by atoms with Gasteiger partial charge in [0.25, 0.3) is 0 Å². The van der Waals surface area contributed by atoms with Gasteiger partial charge in [0.2, 0.25) is 10.0 Å². The fourth-order valence-electron chi connectivity index (χ4n) is 1.11. The fourth-order valence-corrected chi connectivity index (χ4v) is 3.13. The normalized spacial score (nSPS) is 12.7. The number of aliphatic hydroxyl groups excluding tert-OH is 1. The lowest BCUT2D eigenvalue weighted by atomic mass is 10.2. The van der Waals surface area contributed by atoms with Gasteiger partial charge in [-0.1, -0.05) is 6.07 Å². The van der Waals surface area contributed by atoms with Crippen molar-refractivity contribution in [1.82, 2.24) is 4.72 Å². The van der Waals surface area contributed by atoms with Crippen LogP contribution in [-0.2, 0) is 16.6 Å². The second-order valence-corrected chi connectivity index (χ2v) is 5.95. The quantitative estimate of drug-likeness (QED) is 0.872. The highest BCUT2D eigenvalue weighted by Crippen LogP contribution is 2.24. The maximum atomic E-state index is 12.0. The van der Waals surface area contributed by atoms with E-state index in [0.717, 1.165) is 6.07 Å². The molecule has 0 radical (unpaired) electrons. The molecular formula is C9H9BrF3NO3S. The van der Waals surface area contributed by atoms with Gasteiger partial charge in [0.05, 0.1) is 11.5 Å². The number of rotatable bonds is 4. The Morgan fingerprint density at radius 2 is 1.94 bits per heavy atom. The number of alkyl halides is 3. The van der Waals surface area contributed by atoms with Gasteiger partial charge in [-0.3, -0.25) is 0 Å². The molecule has 0 bridgehead atoms. The molecule has 0 aliphatic carbocycles. The van der Waals surface area contributed by atoms with Crippen molar-refractivity contribution >= 4 is 26.0 Å². The molecule has 0 saturated heterocycles. The minimum Gasteiger partial charge on any atom is -0.392 e. The Hall–Kier alpha value is -0.640. The van der Waals surface area contributed by atoms with Crippen LogP contribution in [0.1, 0.15) is 5.56 Å². The molecule has 1 aromatic carbocycles. The van der Waals surface area contributed by atoms with Crippen molar-refractivity contribution in [2.45, 2.75) is 17.7 Å². The van der Waals surface area contributed by atoms with Crippen LogP contribution in [0.5, 0.6) is 0 Å². The minimum absolute atomic E-state index is 0.120. The Kier molecular flexibility index (Phi) is 4.76. The van der Waals surface area contributed by atoms with Gasteiger partial charge in [0, 0.05) is 4.47 Å². The Bertz CT molecular complexity index is 530. The molecule has 0 aliphatic heterocycles. The summed E-state index contributed by atoms with van der Waals surface area (Å²) in [6, 6.07) is 3.89. The molecular weight excluding hydrogens is 339 g/mol. The molecule has 1 aromatic rings. The second-order valence-electron chi connectivity index (χ2n) is 3.36. The molecule has 0 fully saturated rings. The van der Waals surface area contributed by atoms with E-state index in [-0.39, 0.29) is 14.9 Å². The Morgan fingerprint density at radius 3 is 2.44 bits per heavy atom. The van der Waals surface area contributed by atoms with E-state index in [2.05, 4.69) is 15.9 Å². The first kappa shape index (κ1) is 15.4. The van der Waals surface area contributed by atoms with Crippen molar-refractivity contribution < 1.29 is 26.7 Å². The van der Waals surface area contributed by atoms with E-state index in [1.807, 2.05) is 0 Å². The summed E-state index contributed by atoms with van der Waals surface area (Å²) < 4.78 is 60.8. The number of hydrogen-bond donors (Lipinski definition) is 2. The SMILES string of the molecule is O=S(=O)(NCC(F)(F)F)c1cc(CO)ccc1Br. The van der Waals surface area contributed by atoms with Gasteiger partial charge in [0.1, 0.15) is 6.54 Å². The first-order chi connectivity index (χ1) is 8.15. The van der Waals surface area contributed by atoms with Crippen molar-refractivity contribution in [3.63, 3.8) is 0 Å². The summed E-state index contributed by atoms with van der Waals surface area (Å²) in [6.07, 6.45) is -4.63. The molecule has 9 heteroatoms. The predicted octanol–water partition coefficient (Wildman–Crippen LogP) is 1.78. The third kappa shape index (κ3) is 4.23. The van der Waals surface area contributed by atoms with Gasteiger partial charge >= 0.3 is 6.18 Å². The topological polar surface area (TPSA) is 66.4 Å². The first-order valence-electron chi connectivity index (χ1n) is 4.61. The highest BCUT2D eigenvalue weighted by atomic mass is 79.9. The highest BCUT2D eigenvalue weighted by Gasteiger charge is 2.30. The van der Waals surface area contributed by atoms with Crippen molar-refractivity contribution in [1.29, 1.82) is 0 Å². The molecule has 2 N–H and O–H groups in total. The van der Waals surface area contributed by atoms with E-state index < -0.39 is 29.4 Å². The monoisotopic (exact) mass is 347 g/mol. The molecule has 4 nitrogen and oxygen atoms in total. The van der Waals surface area contributed by atoms with Gasteiger partial charge in [-0.2, -0.15) is 13.2 Å². The minimum atomic E-state index is -4.63. The van der Waals surface area contributed by atoms with Crippen LogP contribution in [0.2, 0.25) is 0 Å². The molecule has 0 aliphatic rings. The molecule has 0 unspecified atom stereocenters. The van der Waals surface area contributed by atoms with Crippen LogP contribution >= 0.6 is 15.9 Å². The lowest BCUT2D eigenvalue weighted by Gasteiger charge is -2.11. The number of halogens is 4. The standard InChI is InChI=1S/C9H9BrF3NO3S/c10-7-2-1-6(4-15)3-8(7)18(16,17)14-5-9(11,12)13/h1-3,14-15H,4-5H2. The first-order valence-corrected chi connectivity index (χ1v) is 6.89. The summed E-state index contributed by atoms with van der Waals surface area (Å²) in [5, 5.41) is 8.87. The van der Waals surface area contributed by atoms with Crippen molar-refractivity contribution in [3.8, 4) is 0 Å². The number of hydrogen-bond acceptors (Lipinski definition) is 3. The van der Waals surface area contributed by atoms with Crippen molar-refractivity contribution in [2.24, 2.45) is 0 Å². The van der Waals surface area contributed by atoms with Crippen LogP contribution in [0.25, 0.3) is 0 Å². The lowest BCUT2D eigenvalue weighted by molar-refractivity contribution is -0.121. The van der Waals surface area contributed by atoms with Crippen LogP contribution in [0.4, 0.5) is 13.2 Å². The Morgan fingerprint density at radius 1 is 1.33 bits per heavy atom. The van der Waals surface area contributed by atoms with Crippen LogP contribution in [0.15, 0.2) is 27.6 Å². The second kappa shape index (κ2) is 5.55. The summed E-state index contributed by atoms with van der Waals surface area (Å²) in [6.45, 7) is -2.06. The van der Waals surface area contributed by atoms with E-state index in [4.69, 9.17) is 5.11 Å². The van der Waals surface area contributed by atoms with Gasteiger partial charge in [0.15, 0.2) is 0 Å². The Balaban J connectivity index is 3.05. The van der Waals surface area contributed by atoms with Crippen LogP contribution < -0.4 is 4.72 Å². The molecule has 0 aromatic heterocycles. The van der Waals surface area contributed by atoms with Gasteiger partial charge < -0.3 is 5.11 Å². The van der Waals surface area contributed by atoms with Gasteiger partial charge in [-0.05, 0) is 33.6 Å². The highest BCUT2D eigenvalue weighted by molar-refractivity contribution is 9.10. The maximum absolute atomic E-state index is 12.0. The van der Waals surface area contributed by atoms with Gasteiger partial charge in [-0.25, -0.2) is 13.1 Å². The predicted molar refractivity (Wildman–Crippen MR) is 61.3 cm³/mol. The Labute approximate surface area is 110 Å². The van der Waals surface area contributed by atoms with Crippen LogP contribution in [-0.4, -0.2) is 26.2 Å². The number of sulfonamides is 1. The van der Waals surface area contributed by atoms with Gasteiger partial charge in [-0.15, -0.1) is 0 Å². The summed E-state index contributed by atoms with van der Waals surface area (Å²) in [5.74, 6) is 0. The van der Waals surface area contributed by atoms with Crippen LogP contribution in [0, 0.1) is 0 Å². The number of benzene rings is 1. The zero-order chi connectivity index (χ0) is 14.0. The fraction of sp³-hybridized carbons (Fsp3) is 0.333. The van der Waals surface area contributed by atoms with Crippen molar-refractivity contribution in [3.05, 3.63) is 28.2 Å². The van der Waals surface area contributed by atoms with E-state index in [1.54, 1.807) is 0 Å². The molecule has 0 amide bonds. The van der Waals surface area contributed by atoms with E-state index in [0.29, 0.717) is 0 Å². The third-order valence-electron chi connectivity index (χ3n) is 1.93. The molecule has 0 heterocycles. The van der Waals surface area contributed by atoms with E-state index >= 15 is 0 Å². The molecule has 18 heavy (non-hydrogen) atoms. The maximum Gasteiger partial charge on any atom is 0.402 e. The summed E-state index contributed by atoms with van der Waals surface area (Å²) in [4.78, 5) is -0.349. The number of nitrogens with one attached hydrogen (secondary N) is 1. The third-order valence-corrected chi connectivity index (χ3v) is 4.33. The average molecular weight is 348 g/mol.